The molecule has 0 unspecified atom stereocenters. The van der Waals surface area contributed by atoms with Gasteiger partial charge < -0.3 is 12.2 Å². The number of hydrogen-bond donors (Lipinski definition) is 1. The van der Waals surface area contributed by atoms with Gasteiger partial charge >= 0.3 is 105 Å². The summed E-state index contributed by atoms with van der Waals surface area (Å²) in [5.74, 6) is -0.833. The Morgan fingerprint density at radius 3 is 1.57 bits per heavy atom. The first-order valence-corrected chi connectivity index (χ1v) is 0.928. The predicted molar refractivity (Wildman–Crippen MR) is 30.4 cm³/mol. The molecule has 0 saturated heterocycles. The van der Waals surface area contributed by atoms with Crippen LogP contribution in [0.15, 0.2) is 0 Å². The van der Waals surface area contributed by atoms with E-state index in [0.29, 0.717) is 0 Å². The summed E-state index contributed by atoms with van der Waals surface area (Å²) in [5.41, 5.74) is 0. The molecule has 0 radical (unpaired) electrons. The summed E-state index contributed by atoms with van der Waals surface area (Å²) in [6, 6.07) is 0. The van der Waals surface area contributed by atoms with Gasteiger partial charge in [0.1, 0.15) is 0 Å². The second-order valence-corrected chi connectivity index (χ2v) is 0.519. The van der Waals surface area contributed by atoms with Crippen LogP contribution in [-0.2, 0) is 4.79 Å². The number of carboxylic acids is 1. The Hall–Kier alpha value is 2.99. The molecule has 2 nitrogen and oxygen atoms in total. The van der Waals surface area contributed by atoms with Crippen molar-refractivity contribution in [1.29, 1.82) is 0 Å². The Morgan fingerprint density at radius 2 is 1.57 bits per heavy atom. The third-order valence-electron chi connectivity index (χ3n) is 0. The monoisotopic (exact) mass is 168 g/mol. The summed E-state index contributed by atoms with van der Waals surface area (Å²) < 4.78 is 0. The van der Waals surface area contributed by atoms with Crippen LogP contribution in [-0.4, -0.2) is 86.6 Å². The summed E-state index contributed by atoms with van der Waals surface area (Å²) in [6.45, 7) is 1.08. The molecule has 0 amide bonds. The van der Waals surface area contributed by atoms with Crippen molar-refractivity contribution in [3.05, 3.63) is 0 Å². The second-order valence-electron chi connectivity index (χ2n) is 0.519. The Morgan fingerprint density at radius 1 is 1.57 bits per heavy atom. The van der Waals surface area contributed by atoms with E-state index in [4.69, 9.17) is 9.90 Å². The first kappa shape index (κ1) is 22.5. The number of aliphatic carboxylic acids is 1. The molecule has 0 aromatic heterocycles. The molecule has 5 heteroatoms. The van der Waals surface area contributed by atoms with Crippen molar-refractivity contribution in [1.82, 2.24) is 0 Å². The van der Waals surface area contributed by atoms with Crippen molar-refractivity contribution in [3.8, 4) is 0 Å². The largest absolute Gasteiger partial charge is 2.00 e. The Balaban J connectivity index is -0.00000000161. The summed E-state index contributed by atoms with van der Waals surface area (Å²) >= 11 is 0. The van der Waals surface area contributed by atoms with Crippen LogP contribution in [0.25, 0.3) is 0 Å². The zero-order chi connectivity index (χ0) is 3.58. The maximum absolute atomic E-state index is 9.00. The van der Waals surface area contributed by atoms with E-state index in [1.807, 2.05) is 0 Å². The molecule has 0 rings (SSSR count). The van der Waals surface area contributed by atoms with Crippen LogP contribution in [0.5, 0.6) is 0 Å². The normalized spacial score (nSPS) is 3.57. The minimum atomic E-state index is -0.833. The molecule has 0 saturated carbocycles. The van der Waals surface area contributed by atoms with Crippen molar-refractivity contribution in [2.75, 3.05) is 0 Å². The molecule has 0 atom stereocenters. The summed E-state index contributed by atoms with van der Waals surface area (Å²) in [5, 5.41) is 7.42. The molecule has 0 aliphatic rings. The number of carboxylic acid groups (broad SMARTS) is 1. The van der Waals surface area contributed by atoms with Crippen molar-refractivity contribution in [2.24, 2.45) is 0 Å². The molecule has 1 N–H and O–H groups in total. The van der Waals surface area contributed by atoms with Gasteiger partial charge in [-0.25, -0.2) is 0 Å². The van der Waals surface area contributed by atoms with E-state index < -0.39 is 5.97 Å². The van der Waals surface area contributed by atoms with E-state index in [2.05, 4.69) is 0 Å². The summed E-state index contributed by atoms with van der Waals surface area (Å²) in [7, 11) is 0. The van der Waals surface area contributed by atoms with E-state index >= 15 is 0 Å². The molecule has 0 aromatic rings. The summed E-state index contributed by atoms with van der Waals surface area (Å²) in [6.07, 6.45) is 0. The van der Waals surface area contributed by atoms with E-state index in [1.165, 1.54) is 0 Å². The average Bonchev–Trinajstić information content (AvgIpc) is 0.811. The molecule has 0 spiro atoms. The minimum absolute atomic E-state index is 0. The van der Waals surface area contributed by atoms with Gasteiger partial charge in [-0.2, -0.15) is 0 Å². The van der Waals surface area contributed by atoms with Crippen LogP contribution in [0.3, 0.4) is 0 Å². The van der Waals surface area contributed by atoms with Gasteiger partial charge in [0.15, 0.2) is 0 Å². The van der Waals surface area contributed by atoms with Crippen molar-refractivity contribution in [2.45, 2.75) is 6.92 Å². The SMILES string of the molecule is CC(=O)O.[Ca+2].[Ca+2].[H-].[H-].[H-].[H-].[H-].[Na+]. The van der Waals surface area contributed by atoms with Crippen LogP contribution in [0.4, 0.5) is 0 Å². The fourth-order valence-corrected chi connectivity index (χ4v) is 0. The van der Waals surface area contributed by atoms with Crippen LogP contribution < -0.4 is 29.6 Å². The molecule has 0 aromatic carbocycles. The van der Waals surface area contributed by atoms with Gasteiger partial charge in [-0.15, -0.1) is 0 Å². The van der Waals surface area contributed by atoms with E-state index in [9.17, 15) is 0 Å². The molecule has 0 aliphatic heterocycles. The molecule has 34 valence electrons. The third kappa shape index (κ3) is 49.1. The third-order valence-corrected chi connectivity index (χ3v) is 0. The number of carbonyl (C=O) groups is 1. The average molecular weight is 168 g/mol. The van der Waals surface area contributed by atoms with Crippen LogP contribution >= 0.6 is 0 Å². The second kappa shape index (κ2) is 16.0. The fraction of sp³-hybridized carbons (Fsp3) is 0.500. The molecular weight excluding hydrogens is 159 g/mol. The maximum atomic E-state index is 9.00. The Bertz CT molecular complexity index is 48.4. The minimum Gasteiger partial charge on any atom is -1.00 e. The van der Waals surface area contributed by atoms with Crippen LogP contribution in [0.1, 0.15) is 14.1 Å². The standard InChI is InChI=1S/C2H4O2.2Ca.Na.5H/c1-2(3)4;;;;;;;;/h1H3,(H,3,4);;;;;;;;/q;2*+2;+1;5*-1. The van der Waals surface area contributed by atoms with E-state index in [0.717, 1.165) is 6.92 Å². The summed E-state index contributed by atoms with van der Waals surface area (Å²) in [4.78, 5) is 9.00. The zero-order valence-electron chi connectivity index (χ0n) is 9.77. The van der Waals surface area contributed by atoms with Crippen LogP contribution in [0, 0.1) is 0 Å². The van der Waals surface area contributed by atoms with Gasteiger partial charge in [0, 0.05) is 6.92 Å². The van der Waals surface area contributed by atoms with E-state index in [-0.39, 0.29) is 112 Å². The first-order valence-electron chi connectivity index (χ1n) is 0.928. The number of rotatable bonds is 0. The quantitative estimate of drug-likeness (QED) is 0.389. The van der Waals surface area contributed by atoms with Crippen molar-refractivity contribution < 1.29 is 46.6 Å². The molecule has 0 aliphatic carbocycles. The Kier molecular flexibility index (Phi) is 51.4. The van der Waals surface area contributed by atoms with Gasteiger partial charge in [-0.05, 0) is 0 Å². The smallest absolute Gasteiger partial charge is 1.00 e. The van der Waals surface area contributed by atoms with Gasteiger partial charge in [0.25, 0.3) is 5.97 Å². The van der Waals surface area contributed by atoms with Crippen LogP contribution in [0.2, 0.25) is 0 Å². The molecule has 0 bridgehead atoms. The van der Waals surface area contributed by atoms with Gasteiger partial charge in [0.2, 0.25) is 0 Å². The van der Waals surface area contributed by atoms with Gasteiger partial charge in [-0.1, -0.05) is 0 Å². The zero-order valence-corrected chi connectivity index (χ0v) is 11.2. The maximum Gasteiger partial charge on any atom is 2.00 e. The van der Waals surface area contributed by atoms with E-state index in [1.54, 1.807) is 0 Å². The number of hydrogen-bond acceptors (Lipinski definition) is 1. The molecular formula is C2H9Ca2NaO2. The first-order chi connectivity index (χ1) is 1.73. The van der Waals surface area contributed by atoms with Crippen molar-refractivity contribution >= 4 is 81.4 Å². The van der Waals surface area contributed by atoms with Crippen molar-refractivity contribution in [3.63, 3.8) is 0 Å². The predicted octanol–water partition coefficient (Wildman–Crippen LogP) is -3.10. The molecule has 7 heavy (non-hydrogen) atoms. The molecule has 0 heterocycles. The topological polar surface area (TPSA) is 37.3 Å². The van der Waals surface area contributed by atoms with Gasteiger partial charge in [0.05, 0.1) is 0 Å². The fourth-order valence-electron chi connectivity index (χ4n) is 0. The molecule has 0 fully saturated rings. The van der Waals surface area contributed by atoms with Gasteiger partial charge in [-0.3, -0.25) is 4.79 Å². The Labute approximate surface area is 132 Å².